The Kier molecular flexibility index (Phi) is 5.80. The Labute approximate surface area is 120 Å². The molecule has 1 aromatic heterocycles. The zero-order valence-corrected chi connectivity index (χ0v) is 12.0. The van der Waals surface area contributed by atoms with Gasteiger partial charge in [0.1, 0.15) is 5.69 Å². The highest BCUT2D eigenvalue weighted by atomic mass is 16.5. The number of hydrogen-bond donors (Lipinski definition) is 2. The molecule has 2 rings (SSSR count). The van der Waals surface area contributed by atoms with Gasteiger partial charge in [-0.25, -0.2) is 0 Å². The first kappa shape index (κ1) is 14.8. The summed E-state index contributed by atoms with van der Waals surface area (Å²) in [5.41, 5.74) is 1.44. The number of carbonyl (C=O) groups excluding carboxylic acids is 1. The first-order chi connectivity index (χ1) is 9.79. The summed E-state index contributed by atoms with van der Waals surface area (Å²) in [4.78, 5) is 16.1. The molecule has 1 heterocycles. The lowest BCUT2D eigenvalue weighted by Gasteiger charge is -2.13. The van der Waals surface area contributed by atoms with Crippen molar-refractivity contribution >= 4 is 11.6 Å². The number of nitrogens with zero attached hydrogens (tertiary/aromatic N) is 1. The maximum atomic E-state index is 12.0. The van der Waals surface area contributed by atoms with Crippen molar-refractivity contribution in [2.24, 2.45) is 0 Å². The van der Waals surface area contributed by atoms with Crippen LogP contribution >= 0.6 is 0 Å². The van der Waals surface area contributed by atoms with E-state index < -0.39 is 0 Å². The number of rotatable bonds is 7. The van der Waals surface area contributed by atoms with Gasteiger partial charge < -0.3 is 15.4 Å². The number of aromatic nitrogens is 1. The maximum Gasteiger partial charge on any atom is 0.269 e. The van der Waals surface area contributed by atoms with E-state index >= 15 is 0 Å². The quantitative estimate of drug-likeness (QED) is 0.750. The molecule has 0 atom stereocenters. The third-order valence-electron chi connectivity index (χ3n) is 3.53. The van der Waals surface area contributed by atoms with Crippen LogP contribution in [-0.2, 0) is 4.74 Å². The Morgan fingerprint density at radius 2 is 2.25 bits per heavy atom. The molecule has 1 amide bonds. The molecule has 5 nitrogen and oxygen atoms in total. The third kappa shape index (κ3) is 4.49. The molecule has 1 aromatic rings. The average molecular weight is 277 g/mol. The van der Waals surface area contributed by atoms with Crippen molar-refractivity contribution in [3.05, 3.63) is 24.0 Å². The topological polar surface area (TPSA) is 63.2 Å². The number of carbonyl (C=O) groups is 1. The minimum atomic E-state index is -0.129. The standard InChI is InChI=1S/C15H23N3O2/c1-20-10-4-8-17-15(19)14-11-13(7-9-16-14)18-12-5-2-3-6-12/h7,9,11-12H,2-6,8,10H2,1H3,(H,16,18)(H,17,19). The lowest BCUT2D eigenvalue weighted by atomic mass is 10.2. The number of pyridine rings is 1. The van der Waals surface area contributed by atoms with Gasteiger partial charge in [-0.3, -0.25) is 9.78 Å². The van der Waals surface area contributed by atoms with E-state index in [0.717, 1.165) is 12.1 Å². The molecule has 2 N–H and O–H groups in total. The minimum absolute atomic E-state index is 0.129. The zero-order chi connectivity index (χ0) is 14.2. The molecule has 110 valence electrons. The van der Waals surface area contributed by atoms with Crippen molar-refractivity contribution in [3.63, 3.8) is 0 Å². The van der Waals surface area contributed by atoms with Gasteiger partial charge in [0, 0.05) is 38.2 Å². The molecule has 20 heavy (non-hydrogen) atoms. The Bertz CT molecular complexity index is 431. The SMILES string of the molecule is COCCCNC(=O)c1cc(NC2CCCC2)ccn1. The number of ether oxygens (including phenoxy) is 1. The fraction of sp³-hybridized carbons (Fsp3) is 0.600. The predicted octanol–water partition coefficient (Wildman–Crippen LogP) is 2.20. The molecule has 5 heteroatoms. The Morgan fingerprint density at radius 3 is 3.00 bits per heavy atom. The Morgan fingerprint density at radius 1 is 1.45 bits per heavy atom. The van der Waals surface area contributed by atoms with E-state index in [1.54, 1.807) is 13.3 Å². The molecule has 1 saturated carbocycles. The van der Waals surface area contributed by atoms with Crippen LogP contribution in [0, 0.1) is 0 Å². The Balaban J connectivity index is 1.86. The first-order valence-corrected chi connectivity index (χ1v) is 7.29. The van der Waals surface area contributed by atoms with E-state index in [0.29, 0.717) is 24.9 Å². The number of hydrogen-bond acceptors (Lipinski definition) is 4. The molecule has 0 bridgehead atoms. The molecule has 0 aliphatic heterocycles. The lowest BCUT2D eigenvalue weighted by molar-refractivity contribution is 0.0943. The monoisotopic (exact) mass is 277 g/mol. The second-order valence-corrected chi connectivity index (χ2v) is 5.16. The van der Waals surface area contributed by atoms with Gasteiger partial charge in [-0.15, -0.1) is 0 Å². The van der Waals surface area contributed by atoms with E-state index in [1.165, 1.54) is 25.7 Å². The summed E-state index contributed by atoms with van der Waals surface area (Å²) in [7, 11) is 1.65. The summed E-state index contributed by atoms with van der Waals surface area (Å²) in [5.74, 6) is -0.129. The average Bonchev–Trinajstić information content (AvgIpc) is 2.96. The van der Waals surface area contributed by atoms with Crippen LogP contribution in [0.3, 0.4) is 0 Å². The van der Waals surface area contributed by atoms with E-state index in [9.17, 15) is 4.79 Å². The fourth-order valence-corrected chi connectivity index (χ4v) is 2.46. The molecular formula is C15H23N3O2. The molecule has 0 unspecified atom stereocenters. The van der Waals surface area contributed by atoms with Crippen molar-refractivity contribution < 1.29 is 9.53 Å². The van der Waals surface area contributed by atoms with Crippen molar-refractivity contribution in [2.45, 2.75) is 38.1 Å². The van der Waals surface area contributed by atoms with Crippen LogP contribution in [0.5, 0.6) is 0 Å². The van der Waals surface area contributed by atoms with E-state index in [1.807, 2.05) is 12.1 Å². The van der Waals surface area contributed by atoms with Crippen LogP contribution in [0.15, 0.2) is 18.3 Å². The second-order valence-electron chi connectivity index (χ2n) is 5.16. The summed E-state index contributed by atoms with van der Waals surface area (Å²) in [6.45, 7) is 1.26. The largest absolute Gasteiger partial charge is 0.385 e. The molecule has 0 radical (unpaired) electrons. The highest BCUT2D eigenvalue weighted by Crippen LogP contribution is 2.22. The van der Waals surface area contributed by atoms with Crippen LogP contribution in [0.1, 0.15) is 42.6 Å². The van der Waals surface area contributed by atoms with Gasteiger partial charge >= 0.3 is 0 Å². The normalized spacial score (nSPS) is 15.2. The van der Waals surface area contributed by atoms with Crippen molar-refractivity contribution in [2.75, 3.05) is 25.6 Å². The molecule has 0 saturated heterocycles. The second kappa shape index (κ2) is 7.85. The van der Waals surface area contributed by atoms with Crippen molar-refractivity contribution in [3.8, 4) is 0 Å². The molecule has 0 aromatic carbocycles. The fourth-order valence-electron chi connectivity index (χ4n) is 2.46. The van der Waals surface area contributed by atoms with Crippen LogP contribution in [-0.4, -0.2) is 37.2 Å². The van der Waals surface area contributed by atoms with E-state index in [4.69, 9.17) is 4.74 Å². The van der Waals surface area contributed by atoms with Gasteiger partial charge in [0.25, 0.3) is 5.91 Å². The highest BCUT2D eigenvalue weighted by molar-refractivity contribution is 5.93. The number of nitrogens with one attached hydrogen (secondary N) is 2. The summed E-state index contributed by atoms with van der Waals surface area (Å²) >= 11 is 0. The molecule has 1 fully saturated rings. The molecular weight excluding hydrogens is 254 g/mol. The van der Waals surface area contributed by atoms with Crippen molar-refractivity contribution in [1.82, 2.24) is 10.3 Å². The van der Waals surface area contributed by atoms with Gasteiger partial charge in [-0.2, -0.15) is 0 Å². The Hall–Kier alpha value is -1.62. The summed E-state index contributed by atoms with van der Waals surface area (Å²) < 4.78 is 4.95. The zero-order valence-electron chi connectivity index (χ0n) is 12.0. The van der Waals surface area contributed by atoms with Crippen LogP contribution in [0.2, 0.25) is 0 Å². The molecule has 1 aliphatic rings. The number of amides is 1. The predicted molar refractivity (Wildman–Crippen MR) is 78.9 cm³/mol. The highest BCUT2D eigenvalue weighted by Gasteiger charge is 2.15. The third-order valence-corrected chi connectivity index (χ3v) is 3.53. The molecule has 0 spiro atoms. The summed E-state index contributed by atoms with van der Waals surface area (Å²) in [5, 5.41) is 6.32. The van der Waals surface area contributed by atoms with Crippen molar-refractivity contribution in [1.29, 1.82) is 0 Å². The van der Waals surface area contributed by atoms with Gasteiger partial charge in [0.15, 0.2) is 0 Å². The van der Waals surface area contributed by atoms with Gasteiger partial charge in [-0.1, -0.05) is 12.8 Å². The van der Waals surface area contributed by atoms with Gasteiger partial charge in [0.2, 0.25) is 0 Å². The minimum Gasteiger partial charge on any atom is -0.385 e. The number of methoxy groups -OCH3 is 1. The van der Waals surface area contributed by atoms with Crippen LogP contribution in [0.4, 0.5) is 5.69 Å². The van der Waals surface area contributed by atoms with E-state index in [2.05, 4.69) is 15.6 Å². The summed E-state index contributed by atoms with van der Waals surface area (Å²) in [6, 6.07) is 4.28. The van der Waals surface area contributed by atoms with Gasteiger partial charge in [0.05, 0.1) is 0 Å². The first-order valence-electron chi connectivity index (χ1n) is 7.29. The van der Waals surface area contributed by atoms with Crippen LogP contribution in [0.25, 0.3) is 0 Å². The number of anilines is 1. The summed E-state index contributed by atoms with van der Waals surface area (Å²) in [6.07, 6.45) is 7.48. The van der Waals surface area contributed by atoms with Gasteiger partial charge in [-0.05, 0) is 31.4 Å². The van der Waals surface area contributed by atoms with E-state index in [-0.39, 0.29) is 5.91 Å². The smallest absolute Gasteiger partial charge is 0.269 e. The molecule has 1 aliphatic carbocycles. The van der Waals surface area contributed by atoms with Crippen LogP contribution < -0.4 is 10.6 Å². The maximum absolute atomic E-state index is 12.0. The lowest BCUT2D eigenvalue weighted by Crippen LogP contribution is -2.26.